The van der Waals surface area contributed by atoms with E-state index < -0.39 is 5.82 Å². The van der Waals surface area contributed by atoms with Gasteiger partial charge in [0, 0.05) is 12.2 Å². The third kappa shape index (κ3) is 4.15. The van der Waals surface area contributed by atoms with Gasteiger partial charge in [0.1, 0.15) is 5.82 Å². The van der Waals surface area contributed by atoms with Crippen LogP contribution in [0.3, 0.4) is 0 Å². The average Bonchev–Trinajstić information content (AvgIpc) is 2.52. The summed E-state index contributed by atoms with van der Waals surface area (Å²) in [4.78, 5) is 14.3. The fourth-order valence-corrected chi connectivity index (χ4v) is 2.23. The number of carbonyl (C=O) groups is 1. The zero-order valence-electron chi connectivity index (χ0n) is 12.3. The summed E-state index contributed by atoms with van der Waals surface area (Å²) in [6.45, 7) is 3.10. The topological polar surface area (TPSA) is 20.3 Å². The molecule has 2 rings (SSSR count). The first-order valence-corrected chi connectivity index (χ1v) is 7.30. The second-order valence-corrected chi connectivity index (χ2v) is 5.01. The molecule has 0 fully saturated rings. The first kappa shape index (κ1) is 15.2. The Morgan fingerprint density at radius 2 is 1.71 bits per heavy atom. The number of carbonyl (C=O) groups excluding carboxylic acids is 1. The van der Waals surface area contributed by atoms with Crippen LogP contribution in [0.25, 0.3) is 0 Å². The highest BCUT2D eigenvalue weighted by atomic mass is 19.1. The van der Waals surface area contributed by atoms with Crippen molar-refractivity contribution in [2.75, 3.05) is 18.0 Å². The Morgan fingerprint density at radius 1 is 1.05 bits per heavy atom. The molecular weight excluding hydrogens is 265 g/mol. The number of Topliss-reactive ketones (excluding diaryl/α,β-unsaturated/α-hetero) is 1. The lowest BCUT2D eigenvalue weighted by molar-refractivity contribution is 0.0995. The molecule has 0 amide bonds. The van der Waals surface area contributed by atoms with Gasteiger partial charge in [-0.15, -0.1) is 0 Å². The van der Waals surface area contributed by atoms with Gasteiger partial charge < -0.3 is 4.90 Å². The summed E-state index contributed by atoms with van der Waals surface area (Å²) in [5.41, 5.74) is 1.16. The van der Waals surface area contributed by atoms with Crippen LogP contribution in [0.2, 0.25) is 0 Å². The van der Waals surface area contributed by atoms with E-state index in [0.29, 0.717) is 0 Å². The van der Waals surface area contributed by atoms with Crippen molar-refractivity contribution < 1.29 is 9.18 Å². The molecule has 0 saturated heterocycles. The van der Waals surface area contributed by atoms with Gasteiger partial charge in [-0.05, 0) is 30.7 Å². The molecule has 3 heteroatoms. The molecule has 0 aliphatic heterocycles. The lowest BCUT2D eigenvalue weighted by Gasteiger charge is -2.24. The number of hydrogen-bond acceptors (Lipinski definition) is 2. The lowest BCUT2D eigenvalue weighted by Crippen LogP contribution is -2.31. The molecule has 0 atom stereocenters. The number of rotatable bonds is 7. The minimum atomic E-state index is -0.453. The zero-order valence-corrected chi connectivity index (χ0v) is 12.3. The molecule has 21 heavy (non-hydrogen) atoms. The van der Waals surface area contributed by atoms with E-state index in [2.05, 4.69) is 6.92 Å². The van der Waals surface area contributed by atoms with Crippen LogP contribution in [0.1, 0.15) is 30.1 Å². The molecule has 0 spiro atoms. The highest BCUT2D eigenvalue weighted by molar-refractivity contribution is 5.99. The van der Waals surface area contributed by atoms with Crippen molar-refractivity contribution in [2.45, 2.75) is 19.8 Å². The maximum absolute atomic E-state index is 13.7. The maximum atomic E-state index is 13.7. The van der Waals surface area contributed by atoms with E-state index in [1.165, 1.54) is 6.07 Å². The predicted octanol–water partition coefficient (Wildman–Crippen LogP) is 4.32. The van der Waals surface area contributed by atoms with Gasteiger partial charge >= 0.3 is 0 Å². The van der Waals surface area contributed by atoms with Crippen LogP contribution in [0.15, 0.2) is 54.6 Å². The summed E-state index contributed by atoms with van der Waals surface area (Å²) >= 11 is 0. The van der Waals surface area contributed by atoms with Crippen molar-refractivity contribution in [2.24, 2.45) is 0 Å². The number of anilines is 1. The van der Waals surface area contributed by atoms with Crippen LogP contribution >= 0.6 is 0 Å². The van der Waals surface area contributed by atoms with Crippen molar-refractivity contribution in [1.29, 1.82) is 0 Å². The zero-order chi connectivity index (χ0) is 15.1. The molecule has 2 aromatic rings. The summed E-state index contributed by atoms with van der Waals surface area (Å²) in [6.07, 6.45) is 2.05. The summed E-state index contributed by atoms with van der Waals surface area (Å²) < 4.78 is 13.7. The highest BCUT2D eigenvalue weighted by Crippen LogP contribution is 2.16. The molecule has 0 N–H and O–H groups in total. The Hall–Kier alpha value is -2.16. The van der Waals surface area contributed by atoms with Gasteiger partial charge in [0.15, 0.2) is 5.78 Å². The van der Waals surface area contributed by atoms with Crippen molar-refractivity contribution in [3.63, 3.8) is 0 Å². The molecule has 0 radical (unpaired) electrons. The van der Waals surface area contributed by atoms with E-state index in [1.54, 1.807) is 18.2 Å². The number of hydrogen-bond donors (Lipinski definition) is 0. The van der Waals surface area contributed by atoms with Gasteiger partial charge in [0.25, 0.3) is 0 Å². The van der Waals surface area contributed by atoms with Crippen molar-refractivity contribution in [1.82, 2.24) is 0 Å². The molecule has 0 aliphatic rings. The highest BCUT2D eigenvalue weighted by Gasteiger charge is 2.15. The molecule has 2 aromatic carbocycles. The molecule has 0 heterocycles. The quantitative estimate of drug-likeness (QED) is 0.706. The maximum Gasteiger partial charge on any atom is 0.185 e. The molecular formula is C18H20FNO. The third-order valence-electron chi connectivity index (χ3n) is 3.41. The normalized spacial score (nSPS) is 10.4. The number of halogens is 1. The molecule has 0 aromatic heterocycles. The van der Waals surface area contributed by atoms with Crippen molar-refractivity contribution >= 4 is 11.5 Å². The minimum absolute atomic E-state index is 0.162. The minimum Gasteiger partial charge on any atom is -0.364 e. The Balaban J connectivity index is 2.15. The van der Waals surface area contributed by atoms with Crippen LogP contribution in [0.5, 0.6) is 0 Å². The number of benzene rings is 2. The first-order valence-electron chi connectivity index (χ1n) is 7.30. The summed E-state index contributed by atoms with van der Waals surface area (Å²) in [7, 11) is 0. The van der Waals surface area contributed by atoms with Crippen LogP contribution in [-0.2, 0) is 0 Å². The second-order valence-electron chi connectivity index (χ2n) is 5.01. The van der Waals surface area contributed by atoms with E-state index in [-0.39, 0.29) is 17.9 Å². The number of unbranched alkanes of at least 4 members (excludes halogenated alkanes) is 1. The number of nitrogens with zero attached hydrogens (tertiary/aromatic N) is 1. The molecule has 2 nitrogen and oxygen atoms in total. The Kier molecular flexibility index (Phi) is 5.50. The smallest absolute Gasteiger partial charge is 0.185 e. The van der Waals surface area contributed by atoms with Gasteiger partial charge in [0.05, 0.1) is 12.1 Å². The van der Waals surface area contributed by atoms with E-state index in [4.69, 9.17) is 0 Å². The molecule has 0 saturated carbocycles. The average molecular weight is 285 g/mol. The van der Waals surface area contributed by atoms with E-state index in [0.717, 1.165) is 25.1 Å². The molecule has 110 valence electrons. The van der Waals surface area contributed by atoms with Crippen LogP contribution in [0, 0.1) is 5.82 Å². The van der Waals surface area contributed by atoms with Crippen LogP contribution in [-0.4, -0.2) is 18.9 Å². The van der Waals surface area contributed by atoms with E-state index in [9.17, 15) is 9.18 Å². The fourth-order valence-electron chi connectivity index (χ4n) is 2.23. The van der Waals surface area contributed by atoms with Crippen LogP contribution < -0.4 is 4.90 Å². The molecule has 0 bridgehead atoms. The van der Waals surface area contributed by atoms with Gasteiger partial charge in [-0.1, -0.05) is 43.7 Å². The Bertz CT molecular complexity index is 583. The molecule has 0 unspecified atom stereocenters. The standard InChI is InChI=1S/C18H20FNO/c1-2-3-13-20(15-9-5-4-6-10-15)14-18(21)16-11-7-8-12-17(16)19/h4-12H,2-3,13-14H2,1H3. The van der Waals surface area contributed by atoms with Crippen LogP contribution in [0.4, 0.5) is 10.1 Å². The van der Waals surface area contributed by atoms with Gasteiger partial charge in [-0.3, -0.25) is 4.79 Å². The van der Waals surface area contributed by atoms with E-state index in [1.807, 2.05) is 35.2 Å². The fraction of sp³-hybridized carbons (Fsp3) is 0.278. The van der Waals surface area contributed by atoms with Crippen molar-refractivity contribution in [3.8, 4) is 0 Å². The number of ketones is 1. The monoisotopic (exact) mass is 285 g/mol. The van der Waals surface area contributed by atoms with Gasteiger partial charge in [-0.25, -0.2) is 4.39 Å². The van der Waals surface area contributed by atoms with E-state index >= 15 is 0 Å². The Morgan fingerprint density at radius 3 is 2.38 bits per heavy atom. The summed E-state index contributed by atoms with van der Waals surface area (Å²) in [5, 5.41) is 0. The first-order chi connectivity index (χ1) is 10.2. The summed E-state index contributed by atoms with van der Waals surface area (Å²) in [6, 6.07) is 15.9. The molecule has 0 aliphatic carbocycles. The Labute approximate surface area is 125 Å². The predicted molar refractivity (Wildman–Crippen MR) is 84.3 cm³/mol. The van der Waals surface area contributed by atoms with Crippen molar-refractivity contribution in [3.05, 3.63) is 66.0 Å². The van der Waals surface area contributed by atoms with Gasteiger partial charge in [-0.2, -0.15) is 0 Å². The van der Waals surface area contributed by atoms with Gasteiger partial charge in [0.2, 0.25) is 0 Å². The number of para-hydroxylation sites is 1. The summed E-state index contributed by atoms with van der Waals surface area (Å²) in [5.74, 6) is -0.640. The SMILES string of the molecule is CCCCN(CC(=O)c1ccccc1F)c1ccccc1. The lowest BCUT2D eigenvalue weighted by atomic mass is 10.1. The second kappa shape index (κ2) is 7.58. The largest absolute Gasteiger partial charge is 0.364 e. The third-order valence-corrected chi connectivity index (χ3v) is 3.41.